The fourth-order valence-electron chi connectivity index (χ4n) is 3.33. The SMILES string of the molecule is CCCNC(=O)NC(=O)COC(=O)CCC(=O)N1CCN(S(=O)(=O)c2cc(C)ccc2C)CC1. The number of carbonyl (C=O) groups is 4. The van der Waals surface area contributed by atoms with Gasteiger partial charge in [0, 0.05) is 39.1 Å². The van der Waals surface area contributed by atoms with E-state index in [1.54, 1.807) is 19.1 Å². The highest BCUT2D eigenvalue weighted by molar-refractivity contribution is 7.89. The van der Waals surface area contributed by atoms with Crippen LogP contribution in [0, 0.1) is 13.8 Å². The number of piperazine rings is 1. The van der Waals surface area contributed by atoms with Gasteiger partial charge in [-0.15, -0.1) is 0 Å². The van der Waals surface area contributed by atoms with Crippen molar-refractivity contribution >= 4 is 33.8 Å². The number of sulfonamides is 1. The number of esters is 1. The molecule has 1 aromatic rings. The van der Waals surface area contributed by atoms with Crippen molar-refractivity contribution in [2.75, 3.05) is 39.3 Å². The summed E-state index contributed by atoms with van der Waals surface area (Å²) in [6.07, 6.45) is 0.359. The maximum Gasteiger partial charge on any atom is 0.321 e. The Hall–Kier alpha value is -2.99. The summed E-state index contributed by atoms with van der Waals surface area (Å²) in [5, 5.41) is 4.48. The number of benzene rings is 1. The molecule has 34 heavy (non-hydrogen) atoms. The molecule has 12 heteroatoms. The zero-order chi connectivity index (χ0) is 25.3. The van der Waals surface area contributed by atoms with Crippen LogP contribution in [0.25, 0.3) is 0 Å². The molecule has 0 bridgehead atoms. The largest absolute Gasteiger partial charge is 0.456 e. The Bertz CT molecular complexity index is 1020. The highest BCUT2D eigenvalue weighted by Crippen LogP contribution is 2.22. The van der Waals surface area contributed by atoms with Crippen molar-refractivity contribution < 1.29 is 32.3 Å². The number of ether oxygens (including phenoxy) is 1. The van der Waals surface area contributed by atoms with Gasteiger partial charge in [-0.2, -0.15) is 4.31 Å². The molecule has 2 N–H and O–H groups in total. The molecule has 1 aromatic carbocycles. The van der Waals surface area contributed by atoms with Gasteiger partial charge in [0.25, 0.3) is 5.91 Å². The maximum absolute atomic E-state index is 13.0. The first-order chi connectivity index (χ1) is 16.0. The van der Waals surface area contributed by atoms with Crippen molar-refractivity contribution in [2.24, 2.45) is 0 Å². The summed E-state index contributed by atoms with van der Waals surface area (Å²) < 4.78 is 32.2. The van der Waals surface area contributed by atoms with Crippen LogP contribution in [-0.4, -0.2) is 80.8 Å². The Labute approximate surface area is 199 Å². The average Bonchev–Trinajstić information content (AvgIpc) is 2.81. The van der Waals surface area contributed by atoms with E-state index >= 15 is 0 Å². The van der Waals surface area contributed by atoms with E-state index in [-0.39, 0.29) is 49.8 Å². The molecule has 1 saturated heterocycles. The summed E-state index contributed by atoms with van der Waals surface area (Å²) in [5.41, 5.74) is 1.51. The molecule has 0 radical (unpaired) electrons. The van der Waals surface area contributed by atoms with Gasteiger partial charge in [0.1, 0.15) is 0 Å². The lowest BCUT2D eigenvalue weighted by atomic mass is 10.2. The Morgan fingerprint density at radius 3 is 2.35 bits per heavy atom. The van der Waals surface area contributed by atoms with Crippen LogP contribution in [0.4, 0.5) is 4.79 Å². The minimum atomic E-state index is -3.66. The molecule has 11 nitrogen and oxygen atoms in total. The number of urea groups is 1. The first-order valence-corrected chi connectivity index (χ1v) is 12.6. The van der Waals surface area contributed by atoms with Crippen LogP contribution >= 0.6 is 0 Å². The lowest BCUT2D eigenvalue weighted by Crippen LogP contribution is -2.50. The van der Waals surface area contributed by atoms with E-state index in [1.165, 1.54) is 9.21 Å². The highest BCUT2D eigenvalue weighted by Gasteiger charge is 2.31. The molecule has 0 aliphatic carbocycles. The third-order valence-corrected chi connectivity index (χ3v) is 7.29. The zero-order valence-electron chi connectivity index (χ0n) is 19.8. The topological polar surface area (TPSA) is 142 Å². The van der Waals surface area contributed by atoms with Gasteiger partial charge in [0.15, 0.2) is 6.61 Å². The number of nitrogens with one attached hydrogen (secondary N) is 2. The van der Waals surface area contributed by atoms with Gasteiger partial charge in [-0.1, -0.05) is 19.1 Å². The summed E-state index contributed by atoms with van der Waals surface area (Å²) in [6.45, 7) is 5.97. The molecule has 0 spiro atoms. The number of hydrogen-bond acceptors (Lipinski definition) is 7. The molecule has 0 aromatic heterocycles. The number of hydrogen-bond donors (Lipinski definition) is 2. The molecule has 0 saturated carbocycles. The molecule has 2 rings (SSSR count). The van der Waals surface area contributed by atoms with Gasteiger partial charge >= 0.3 is 12.0 Å². The second kappa shape index (κ2) is 12.5. The molecule has 0 atom stereocenters. The normalized spacial score (nSPS) is 14.4. The van der Waals surface area contributed by atoms with Gasteiger partial charge in [0.2, 0.25) is 15.9 Å². The van der Waals surface area contributed by atoms with E-state index in [0.29, 0.717) is 18.5 Å². The summed E-state index contributed by atoms with van der Waals surface area (Å²) in [6, 6.07) is 4.60. The maximum atomic E-state index is 13.0. The predicted octanol–water partition coefficient (Wildman–Crippen LogP) is 0.696. The van der Waals surface area contributed by atoms with Crippen LogP contribution < -0.4 is 10.6 Å². The van der Waals surface area contributed by atoms with E-state index in [9.17, 15) is 27.6 Å². The quantitative estimate of drug-likeness (QED) is 0.479. The van der Waals surface area contributed by atoms with Crippen LogP contribution in [0.1, 0.15) is 37.3 Å². The summed E-state index contributed by atoms with van der Waals surface area (Å²) >= 11 is 0. The van der Waals surface area contributed by atoms with Gasteiger partial charge < -0.3 is 15.0 Å². The molecular weight excluding hydrogens is 464 g/mol. The molecule has 4 amide bonds. The van der Waals surface area contributed by atoms with Gasteiger partial charge in [-0.3, -0.25) is 19.7 Å². The van der Waals surface area contributed by atoms with E-state index in [4.69, 9.17) is 4.74 Å². The summed E-state index contributed by atoms with van der Waals surface area (Å²) in [5.74, 6) is -1.81. The average molecular weight is 497 g/mol. The van der Waals surface area contributed by atoms with Crippen molar-refractivity contribution in [3.63, 3.8) is 0 Å². The van der Waals surface area contributed by atoms with Crippen molar-refractivity contribution in [2.45, 2.75) is 44.9 Å². The molecule has 1 aliphatic heterocycles. The number of aryl methyl sites for hydroxylation is 2. The van der Waals surface area contributed by atoms with E-state index in [2.05, 4.69) is 5.32 Å². The highest BCUT2D eigenvalue weighted by atomic mass is 32.2. The second-order valence-electron chi connectivity index (χ2n) is 8.02. The zero-order valence-corrected chi connectivity index (χ0v) is 20.6. The minimum absolute atomic E-state index is 0.124. The third-order valence-electron chi connectivity index (χ3n) is 5.25. The first-order valence-electron chi connectivity index (χ1n) is 11.1. The predicted molar refractivity (Wildman–Crippen MR) is 123 cm³/mol. The second-order valence-corrected chi connectivity index (χ2v) is 9.92. The number of rotatable bonds is 9. The smallest absolute Gasteiger partial charge is 0.321 e. The molecule has 1 heterocycles. The monoisotopic (exact) mass is 496 g/mol. The molecular formula is C22H32N4O7S. The Morgan fingerprint density at radius 2 is 1.71 bits per heavy atom. The molecule has 1 aliphatic rings. The standard InChI is InChI=1S/C22H32N4O7S/c1-4-9-23-22(30)24-19(27)15-33-21(29)8-7-20(28)25-10-12-26(13-11-25)34(31,32)18-14-16(2)5-6-17(18)3/h5-6,14H,4,7-13,15H2,1-3H3,(H2,23,24,27,30). The number of amides is 4. The van der Waals surface area contributed by atoms with Crippen LogP contribution in [0.2, 0.25) is 0 Å². The van der Waals surface area contributed by atoms with Crippen LogP contribution in [0.15, 0.2) is 23.1 Å². The Kier molecular flexibility index (Phi) is 9.99. The van der Waals surface area contributed by atoms with E-state index in [1.807, 2.05) is 25.2 Å². The van der Waals surface area contributed by atoms with Gasteiger partial charge in [-0.05, 0) is 37.5 Å². The Balaban J connectivity index is 1.75. The molecule has 1 fully saturated rings. The minimum Gasteiger partial charge on any atom is -0.456 e. The number of imide groups is 1. The van der Waals surface area contributed by atoms with E-state index < -0.39 is 34.5 Å². The first kappa shape index (κ1) is 27.3. The van der Waals surface area contributed by atoms with Gasteiger partial charge in [-0.25, -0.2) is 13.2 Å². The number of carbonyl (C=O) groups excluding carboxylic acids is 4. The summed E-state index contributed by atoms with van der Waals surface area (Å²) in [4.78, 5) is 49.0. The van der Waals surface area contributed by atoms with Crippen LogP contribution in [0.3, 0.4) is 0 Å². The molecule has 0 unspecified atom stereocenters. The van der Waals surface area contributed by atoms with Crippen molar-refractivity contribution in [3.8, 4) is 0 Å². The molecule has 188 valence electrons. The third kappa shape index (κ3) is 7.80. The Morgan fingerprint density at radius 1 is 1.03 bits per heavy atom. The van der Waals surface area contributed by atoms with Crippen molar-refractivity contribution in [1.29, 1.82) is 0 Å². The number of nitrogens with zero attached hydrogens (tertiary/aromatic N) is 2. The fourth-order valence-corrected chi connectivity index (χ4v) is 5.06. The van der Waals surface area contributed by atoms with Crippen molar-refractivity contribution in [1.82, 2.24) is 19.8 Å². The summed E-state index contributed by atoms with van der Waals surface area (Å²) in [7, 11) is -3.66. The van der Waals surface area contributed by atoms with Crippen LogP contribution in [0.5, 0.6) is 0 Å². The van der Waals surface area contributed by atoms with Crippen LogP contribution in [-0.2, 0) is 29.1 Å². The fraction of sp³-hybridized carbons (Fsp3) is 0.545. The van der Waals surface area contributed by atoms with E-state index in [0.717, 1.165) is 5.56 Å². The van der Waals surface area contributed by atoms with Crippen molar-refractivity contribution in [3.05, 3.63) is 29.3 Å². The lowest BCUT2D eigenvalue weighted by Gasteiger charge is -2.34. The van der Waals surface area contributed by atoms with Gasteiger partial charge in [0.05, 0.1) is 11.3 Å². The lowest BCUT2D eigenvalue weighted by molar-refractivity contribution is -0.149.